The molecule has 0 aliphatic heterocycles. The Hall–Kier alpha value is -1.92. The summed E-state index contributed by atoms with van der Waals surface area (Å²) in [5.74, 6) is 0.412. The lowest BCUT2D eigenvalue weighted by Gasteiger charge is -2.01. The van der Waals surface area contributed by atoms with Gasteiger partial charge in [0.1, 0.15) is 0 Å². The van der Waals surface area contributed by atoms with Gasteiger partial charge in [0.2, 0.25) is 5.78 Å². The highest BCUT2D eigenvalue weighted by Crippen LogP contribution is 1.91. The fourth-order valence-electron chi connectivity index (χ4n) is 0.505. The Morgan fingerprint density at radius 2 is 2.15 bits per heavy atom. The first kappa shape index (κ1) is 11.1. The van der Waals surface area contributed by atoms with Crippen molar-refractivity contribution in [3.8, 4) is 12.3 Å². The third-order valence-electron chi connectivity index (χ3n) is 1.15. The van der Waals surface area contributed by atoms with Crippen molar-refractivity contribution in [3.05, 3.63) is 5.53 Å². The topological polar surface area (TPSA) is 79.8 Å². The normalized spacial score (nSPS) is 10.5. The van der Waals surface area contributed by atoms with E-state index in [1.807, 2.05) is 0 Å². The number of terminal acetylenes is 1. The maximum Gasteiger partial charge on any atom is 0.441 e. The molecule has 0 fully saturated rings. The van der Waals surface area contributed by atoms with Crippen LogP contribution in [-0.2, 0) is 14.3 Å². The molecule has 0 aromatic carbocycles. The van der Waals surface area contributed by atoms with Crippen LogP contribution in [-0.4, -0.2) is 28.4 Å². The molecule has 0 heterocycles. The highest BCUT2D eigenvalue weighted by atomic mass is 16.5. The third kappa shape index (κ3) is 3.32. The van der Waals surface area contributed by atoms with Gasteiger partial charge in [-0.3, -0.25) is 4.79 Å². The molecule has 1 atom stereocenters. The lowest BCUT2D eigenvalue weighted by molar-refractivity contribution is -0.143. The van der Waals surface area contributed by atoms with E-state index in [-0.39, 0.29) is 0 Å². The minimum atomic E-state index is -1.03. The number of ketones is 1. The molecule has 5 nitrogen and oxygen atoms in total. The van der Waals surface area contributed by atoms with Crippen LogP contribution >= 0.6 is 0 Å². The predicted octanol–water partition coefficient (Wildman–Crippen LogP) is -0.189. The largest absolute Gasteiger partial charge is 0.441 e. The molecule has 5 heteroatoms. The van der Waals surface area contributed by atoms with E-state index in [1.165, 1.54) is 6.92 Å². The molecule has 0 aliphatic carbocycles. The van der Waals surface area contributed by atoms with E-state index in [4.69, 9.17) is 12.0 Å². The van der Waals surface area contributed by atoms with E-state index in [0.29, 0.717) is 0 Å². The van der Waals surface area contributed by atoms with Crippen LogP contribution in [0, 0.1) is 12.3 Å². The van der Waals surface area contributed by atoms with Gasteiger partial charge in [-0.15, -0.1) is 6.42 Å². The summed E-state index contributed by atoms with van der Waals surface area (Å²) in [5, 5.41) is 0. The fourth-order valence-corrected chi connectivity index (χ4v) is 0.505. The quantitative estimate of drug-likeness (QED) is 0.151. The Labute approximate surface area is 75.3 Å². The summed E-state index contributed by atoms with van der Waals surface area (Å²) in [6, 6.07) is 0. The van der Waals surface area contributed by atoms with Crippen LogP contribution in [0.25, 0.3) is 5.53 Å². The number of ether oxygens (including phenoxy) is 1. The van der Waals surface area contributed by atoms with Crippen molar-refractivity contribution in [2.75, 3.05) is 0 Å². The van der Waals surface area contributed by atoms with Crippen LogP contribution < -0.4 is 0 Å². The minimum absolute atomic E-state index is 0.665. The van der Waals surface area contributed by atoms with Gasteiger partial charge in [-0.1, -0.05) is 5.92 Å². The van der Waals surface area contributed by atoms with Crippen LogP contribution in [0.3, 0.4) is 0 Å². The molecule has 0 saturated carbocycles. The number of Topliss-reactive ketones (excluding diaryl/α,β-unsaturated/α-hetero) is 1. The summed E-state index contributed by atoms with van der Waals surface area (Å²) in [6.45, 7) is 2.53. The zero-order chi connectivity index (χ0) is 10.4. The van der Waals surface area contributed by atoms with Crippen molar-refractivity contribution in [2.45, 2.75) is 20.0 Å². The van der Waals surface area contributed by atoms with Crippen molar-refractivity contribution in [3.63, 3.8) is 0 Å². The molecule has 1 unspecified atom stereocenters. The Morgan fingerprint density at radius 3 is 2.46 bits per heavy atom. The number of hydrogen-bond acceptors (Lipinski definition) is 3. The molecule has 0 aromatic heterocycles. The lowest BCUT2D eigenvalue weighted by atomic mass is 10.3. The summed E-state index contributed by atoms with van der Waals surface area (Å²) in [7, 11) is 0. The van der Waals surface area contributed by atoms with Gasteiger partial charge in [0, 0.05) is 6.92 Å². The van der Waals surface area contributed by atoms with Crippen molar-refractivity contribution in [1.82, 2.24) is 0 Å². The third-order valence-corrected chi connectivity index (χ3v) is 1.15. The Morgan fingerprint density at radius 1 is 1.62 bits per heavy atom. The van der Waals surface area contributed by atoms with Crippen LogP contribution in [0.4, 0.5) is 0 Å². The maximum atomic E-state index is 11.0. The van der Waals surface area contributed by atoms with E-state index in [1.54, 1.807) is 0 Å². The molecule has 0 amide bonds. The van der Waals surface area contributed by atoms with Gasteiger partial charge in [-0.2, -0.15) is 4.79 Å². The summed E-state index contributed by atoms with van der Waals surface area (Å²) >= 11 is 0. The molecule has 0 rings (SSSR count). The van der Waals surface area contributed by atoms with Gasteiger partial charge in [0.15, 0.2) is 6.10 Å². The first-order valence-electron chi connectivity index (χ1n) is 3.43. The lowest BCUT2D eigenvalue weighted by Crippen LogP contribution is -2.28. The molecular weight excluding hydrogens is 172 g/mol. The van der Waals surface area contributed by atoms with Crippen molar-refractivity contribution >= 4 is 17.5 Å². The summed E-state index contributed by atoms with van der Waals surface area (Å²) in [4.78, 5) is 24.1. The van der Waals surface area contributed by atoms with E-state index >= 15 is 0 Å². The molecule has 0 N–H and O–H groups in total. The Bertz CT molecular complexity index is 321. The second kappa shape index (κ2) is 4.86. The number of rotatable bonds is 3. The number of hydrogen-bond donors (Lipinski definition) is 0. The first-order valence-corrected chi connectivity index (χ1v) is 3.43. The average Bonchev–Trinajstić information content (AvgIpc) is 2.04. The summed E-state index contributed by atoms with van der Waals surface area (Å²) in [5.41, 5.74) is 7.60. The molecule has 0 radical (unpaired) electrons. The fraction of sp³-hybridized carbons (Fsp3) is 0.375. The van der Waals surface area contributed by atoms with Crippen LogP contribution in [0.15, 0.2) is 0 Å². The van der Waals surface area contributed by atoms with Crippen LogP contribution in [0.1, 0.15) is 13.8 Å². The Balaban J connectivity index is 4.54. The SMILES string of the molecule is C#CC(C)OC(=O)C(=[N+]=[N-])C(C)=O. The van der Waals surface area contributed by atoms with Crippen molar-refractivity contribution in [2.24, 2.45) is 0 Å². The standard InChI is InChI=1S/C8H8N2O3/c1-4-5(2)13-8(12)7(10-9)6(3)11/h1,5H,2-3H3. The van der Waals surface area contributed by atoms with Crippen molar-refractivity contribution in [1.29, 1.82) is 0 Å². The predicted molar refractivity (Wildman–Crippen MR) is 43.7 cm³/mol. The first-order chi connectivity index (χ1) is 6.02. The molecule has 0 bridgehead atoms. The number of esters is 1. The van der Waals surface area contributed by atoms with E-state index in [2.05, 4.69) is 15.4 Å². The molecule has 13 heavy (non-hydrogen) atoms. The molecule has 0 saturated heterocycles. The monoisotopic (exact) mass is 180 g/mol. The Kier molecular flexibility index (Phi) is 4.14. The second-order valence-electron chi connectivity index (χ2n) is 2.22. The highest BCUT2D eigenvalue weighted by Gasteiger charge is 2.28. The second-order valence-corrected chi connectivity index (χ2v) is 2.22. The number of carbonyl (C=O) groups is 2. The molecule has 0 aliphatic rings. The number of nitrogens with zero attached hydrogens (tertiary/aromatic N) is 2. The average molecular weight is 180 g/mol. The minimum Gasteiger partial charge on any atom is -0.441 e. The summed E-state index contributed by atoms with van der Waals surface area (Å²) < 4.78 is 4.53. The van der Waals surface area contributed by atoms with E-state index in [0.717, 1.165) is 6.92 Å². The van der Waals surface area contributed by atoms with E-state index in [9.17, 15) is 9.59 Å². The van der Waals surface area contributed by atoms with Gasteiger partial charge in [-0.05, 0) is 6.92 Å². The zero-order valence-electron chi connectivity index (χ0n) is 7.27. The smallest absolute Gasteiger partial charge is 0.441 e. The molecule has 68 valence electrons. The van der Waals surface area contributed by atoms with Gasteiger partial charge in [0.25, 0.3) is 0 Å². The highest BCUT2D eigenvalue weighted by molar-refractivity contribution is 6.61. The van der Waals surface area contributed by atoms with Gasteiger partial charge < -0.3 is 10.3 Å². The molecule has 0 aromatic rings. The molecular formula is C8H8N2O3. The van der Waals surface area contributed by atoms with Crippen LogP contribution in [0.5, 0.6) is 0 Å². The maximum absolute atomic E-state index is 11.0. The molecule has 0 spiro atoms. The summed E-state index contributed by atoms with van der Waals surface area (Å²) in [6.07, 6.45) is 4.16. The van der Waals surface area contributed by atoms with Gasteiger partial charge in [0.05, 0.1) is 0 Å². The van der Waals surface area contributed by atoms with Crippen LogP contribution in [0.2, 0.25) is 0 Å². The zero-order valence-corrected chi connectivity index (χ0v) is 7.27. The van der Waals surface area contributed by atoms with Gasteiger partial charge >= 0.3 is 11.7 Å². The van der Waals surface area contributed by atoms with Crippen molar-refractivity contribution < 1.29 is 19.1 Å². The van der Waals surface area contributed by atoms with Gasteiger partial charge in [-0.25, -0.2) is 4.79 Å². The number of carbonyl (C=O) groups excluding carboxylic acids is 2. The van der Waals surface area contributed by atoms with E-state index < -0.39 is 23.6 Å².